The van der Waals surface area contributed by atoms with E-state index in [0.717, 1.165) is 48.9 Å². The van der Waals surface area contributed by atoms with Gasteiger partial charge in [-0.05, 0) is 51.7 Å². The molecule has 0 unspecified atom stereocenters. The zero-order chi connectivity index (χ0) is 18.4. The minimum Gasteiger partial charge on any atom is -0.494 e. The number of imidazole rings is 2. The molecule has 0 saturated carbocycles. The monoisotopic (exact) mass is 353 g/mol. The predicted molar refractivity (Wildman–Crippen MR) is 103 cm³/mol. The van der Waals surface area contributed by atoms with Crippen molar-refractivity contribution in [1.82, 2.24) is 24.0 Å². The van der Waals surface area contributed by atoms with E-state index in [0.29, 0.717) is 6.54 Å². The van der Waals surface area contributed by atoms with Crippen molar-refractivity contribution in [3.63, 3.8) is 0 Å². The van der Waals surface area contributed by atoms with Crippen molar-refractivity contribution in [3.05, 3.63) is 54.9 Å². The van der Waals surface area contributed by atoms with Crippen LogP contribution in [0.4, 0.5) is 0 Å². The molecular formula is C20H27N5O. The van der Waals surface area contributed by atoms with Crippen molar-refractivity contribution in [2.24, 2.45) is 0 Å². The minimum absolute atomic E-state index is 0.713. The van der Waals surface area contributed by atoms with Gasteiger partial charge in [-0.25, -0.2) is 9.97 Å². The Morgan fingerprint density at radius 2 is 1.92 bits per heavy atom. The van der Waals surface area contributed by atoms with Crippen LogP contribution in [0.1, 0.15) is 19.0 Å². The number of nitrogens with zero attached hydrogens (tertiary/aromatic N) is 5. The van der Waals surface area contributed by atoms with Crippen molar-refractivity contribution in [2.75, 3.05) is 27.2 Å². The molecule has 3 aromatic rings. The highest BCUT2D eigenvalue weighted by molar-refractivity contribution is 5.57. The Labute approximate surface area is 155 Å². The van der Waals surface area contributed by atoms with Crippen LogP contribution in [0.3, 0.4) is 0 Å². The summed E-state index contributed by atoms with van der Waals surface area (Å²) in [6.45, 7) is 5.51. The SMILES string of the molecule is CCn1cnc(Cn2ccnc2-c2ccc(OCCCN(C)C)cc2)c1. The van der Waals surface area contributed by atoms with Gasteiger partial charge in [-0.2, -0.15) is 0 Å². The number of hydrogen-bond donors (Lipinski definition) is 0. The molecule has 0 aliphatic rings. The van der Waals surface area contributed by atoms with Crippen LogP contribution < -0.4 is 4.74 Å². The molecule has 0 bridgehead atoms. The van der Waals surface area contributed by atoms with Gasteiger partial charge in [0.05, 0.1) is 25.2 Å². The maximum absolute atomic E-state index is 5.80. The van der Waals surface area contributed by atoms with E-state index in [-0.39, 0.29) is 0 Å². The summed E-state index contributed by atoms with van der Waals surface area (Å²) in [5, 5.41) is 0. The lowest BCUT2D eigenvalue weighted by molar-refractivity contribution is 0.281. The van der Waals surface area contributed by atoms with Crippen LogP contribution in [0.25, 0.3) is 11.4 Å². The van der Waals surface area contributed by atoms with E-state index in [1.165, 1.54) is 0 Å². The topological polar surface area (TPSA) is 48.1 Å². The molecule has 1 aromatic carbocycles. The fourth-order valence-corrected chi connectivity index (χ4v) is 2.80. The summed E-state index contributed by atoms with van der Waals surface area (Å²) < 4.78 is 10.0. The first kappa shape index (κ1) is 18.2. The normalized spacial score (nSPS) is 11.2. The van der Waals surface area contributed by atoms with Crippen LogP contribution in [0, 0.1) is 0 Å². The fourth-order valence-electron chi connectivity index (χ4n) is 2.80. The molecular weight excluding hydrogens is 326 g/mol. The molecule has 0 saturated heterocycles. The largest absolute Gasteiger partial charge is 0.494 e. The Balaban J connectivity index is 1.63. The van der Waals surface area contributed by atoms with E-state index in [2.05, 4.69) is 63.4 Å². The first-order valence-electron chi connectivity index (χ1n) is 9.05. The zero-order valence-electron chi connectivity index (χ0n) is 15.8. The molecule has 2 heterocycles. The van der Waals surface area contributed by atoms with Gasteiger partial charge in [0, 0.05) is 37.2 Å². The fraction of sp³-hybridized carbons (Fsp3) is 0.400. The van der Waals surface area contributed by atoms with Gasteiger partial charge < -0.3 is 18.8 Å². The summed E-state index contributed by atoms with van der Waals surface area (Å²) in [6, 6.07) is 8.14. The number of benzene rings is 1. The Kier molecular flexibility index (Phi) is 6.07. The highest BCUT2D eigenvalue weighted by Gasteiger charge is 2.08. The van der Waals surface area contributed by atoms with E-state index < -0.39 is 0 Å². The first-order chi connectivity index (χ1) is 12.7. The molecule has 0 fully saturated rings. The lowest BCUT2D eigenvalue weighted by atomic mass is 10.2. The summed E-state index contributed by atoms with van der Waals surface area (Å²) in [4.78, 5) is 11.1. The lowest BCUT2D eigenvalue weighted by Crippen LogP contribution is -2.15. The number of aromatic nitrogens is 4. The predicted octanol–water partition coefficient (Wildman–Crippen LogP) is 3.15. The summed E-state index contributed by atoms with van der Waals surface area (Å²) in [5.74, 6) is 1.84. The van der Waals surface area contributed by atoms with Crippen LogP contribution in [0.15, 0.2) is 49.2 Å². The summed E-state index contributed by atoms with van der Waals surface area (Å²) in [7, 11) is 4.15. The standard InChI is InChI=1S/C20H27N5O/c1-4-24-14-18(22-16-24)15-25-12-10-21-20(25)17-6-8-19(9-7-17)26-13-5-11-23(2)3/h6-10,12,14,16H,4-5,11,13,15H2,1-3H3. The zero-order valence-corrected chi connectivity index (χ0v) is 15.8. The Hall–Kier alpha value is -2.60. The summed E-state index contributed by atoms with van der Waals surface area (Å²) in [6.07, 6.45) is 8.79. The second-order valence-electron chi connectivity index (χ2n) is 6.60. The smallest absolute Gasteiger partial charge is 0.140 e. The summed E-state index contributed by atoms with van der Waals surface area (Å²) >= 11 is 0. The number of hydrogen-bond acceptors (Lipinski definition) is 4. The molecule has 0 amide bonds. The van der Waals surface area contributed by atoms with Gasteiger partial charge in [0.2, 0.25) is 0 Å². The molecule has 0 atom stereocenters. The van der Waals surface area contributed by atoms with Gasteiger partial charge in [-0.15, -0.1) is 0 Å². The third-order valence-corrected chi connectivity index (χ3v) is 4.23. The maximum Gasteiger partial charge on any atom is 0.140 e. The first-order valence-corrected chi connectivity index (χ1v) is 9.05. The van der Waals surface area contributed by atoms with E-state index in [1.807, 2.05) is 30.9 Å². The average molecular weight is 353 g/mol. The molecule has 0 aliphatic carbocycles. The van der Waals surface area contributed by atoms with Gasteiger partial charge in [0.15, 0.2) is 0 Å². The quantitative estimate of drug-likeness (QED) is 0.555. The lowest BCUT2D eigenvalue weighted by Gasteiger charge is -2.11. The Morgan fingerprint density at radius 3 is 2.62 bits per heavy atom. The second-order valence-corrected chi connectivity index (χ2v) is 6.60. The minimum atomic E-state index is 0.713. The van der Waals surface area contributed by atoms with Crippen molar-refractivity contribution in [3.8, 4) is 17.1 Å². The van der Waals surface area contributed by atoms with E-state index >= 15 is 0 Å². The molecule has 26 heavy (non-hydrogen) atoms. The van der Waals surface area contributed by atoms with Crippen LogP contribution in [-0.2, 0) is 13.1 Å². The van der Waals surface area contributed by atoms with Crippen molar-refractivity contribution < 1.29 is 4.74 Å². The average Bonchev–Trinajstić information content (AvgIpc) is 3.29. The van der Waals surface area contributed by atoms with Crippen LogP contribution in [0.5, 0.6) is 5.75 Å². The molecule has 0 spiro atoms. The Bertz CT molecular complexity index is 804. The van der Waals surface area contributed by atoms with E-state index in [4.69, 9.17) is 4.74 Å². The van der Waals surface area contributed by atoms with Gasteiger partial charge >= 0.3 is 0 Å². The van der Waals surface area contributed by atoms with Crippen molar-refractivity contribution in [2.45, 2.75) is 26.4 Å². The maximum atomic E-state index is 5.80. The highest BCUT2D eigenvalue weighted by atomic mass is 16.5. The molecule has 3 rings (SSSR count). The van der Waals surface area contributed by atoms with Crippen LogP contribution in [-0.4, -0.2) is 51.2 Å². The third kappa shape index (κ3) is 4.73. The molecule has 6 nitrogen and oxygen atoms in total. The molecule has 0 N–H and O–H groups in total. The summed E-state index contributed by atoms with van der Waals surface area (Å²) in [5.41, 5.74) is 2.11. The third-order valence-electron chi connectivity index (χ3n) is 4.23. The van der Waals surface area contributed by atoms with E-state index in [1.54, 1.807) is 0 Å². The van der Waals surface area contributed by atoms with Gasteiger partial charge in [0.25, 0.3) is 0 Å². The number of rotatable bonds is 9. The van der Waals surface area contributed by atoms with Crippen LogP contribution >= 0.6 is 0 Å². The Morgan fingerprint density at radius 1 is 1.12 bits per heavy atom. The molecule has 138 valence electrons. The number of aryl methyl sites for hydroxylation is 1. The highest BCUT2D eigenvalue weighted by Crippen LogP contribution is 2.22. The molecule has 6 heteroatoms. The van der Waals surface area contributed by atoms with E-state index in [9.17, 15) is 0 Å². The van der Waals surface area contributed by atoms with Gasteiger partial charge in [-0.3, -0.25) is 0 Å². The number of ether oxygens (including phenoxy) is 1. The van der Waals surface area contributed by atoms with Crippen molar-refractivity contribution in [1.29, 1.82) is 0 Å². The molecule has 2 aromatic heterocycles. The molecule has 0 aliphatic heterocycles. The van der Waals surface area contributed by atoms with Crippen LogP contribution in [0.2, 0.25) is 0 Å². The second kappa shape index (κ2) is 8.67. The van der Waals surface area contributed by atoms with Gasteiger partial charge in [0.1, 0.15) is 11.6 Å². The molecule has 0 radical (unpaired) electrons. The van der Waals surface area contributed by atoms with Crippen molar-refractivity contribution >= 4 is 0 Å². The van der Waals surface area contributed by atoms with Gasteiger partial charge in [-0.1, -0.05) is 0 Å².